The lowest BCUT2D eigenvalue weighted by molar-refractivity contribution is -0.111. The summed E-state index contributed by atoms with van der Waals surface area (Å²) < 4.78 is 5.12. The Morgan fingerprint density at radius 2 is 2.00 bits per heavy atom. The fraction of sp³-hybridized carbons (Fsp3) is 0.312. The van der Waals surface area contributed by atoms with Crippen LogP contribution in [0.4, 0.5) is 11.6 Å². The zero-order valence-corrected chi connectivity index (χ0v) is 12.2. The molecule has 3 heterocycles. The Morgan fingerprint density at radius 1 is 1.23 bits per heavy atom. The van der Waals surface area contributed by atoms with Crippen molar-refractivity contribution in [1.29, 1.82) is 0 Å². The Balaban J connectivity index is 1.57. The van der Waals surface area contributed by atoms with E-state index in [1.165, 1.54) is 25.3 Å². The fourth-order valence-electron chi connectivity index (χ4n) is 2.37. The van der Waals surface area contributed by atoms with Gasteiger partial charge in [0.1, 0.15) is 5.76 Å². The molecule has 0 aliphatic carbocycles. The van der Waals surface area contributed by atoms with Gasteiger partial charge in [0, 0.05) is 19.2 Å². The molecule has 0 radical (unpaired) electrons. The van der Waals surface area contributed by atoms with E-state index in [-0.39, 0.29) is 5.91 Å². The van der Waals surface area contributed by atoms with Crippen LogP contribution >= 0.6 is 0 Å². The van der Waals surface area contributed by atoms with Crippen molar-refractivity contribution in [2.24, 2.45) is 0 Å². The SMILES string of the molecule is O=C(C=Cc1ccco1)Nc1cnc(N2CCCCC2)nc1. The summed E-state index contributed by atoms with van der Waals surface area (Å²) in [5, 5.41) is 2.72. The largest absolute Gasteiger partial charge is 0.465 e. The summed E-state index contributed by atoms with van der Waals surface area (Å²) in [6, 6.07) is 3.55. The third kappa shape index (κ3) is 3.72. The number of anilines is 2. The van der Waals surface area contributed by atoms with Gasteiger partial charge >= 0.3 is 0 Å². The molecule has 6 heteroatoms. The van der Waals surface area contributed by atoms with Gasteiger partial charge < -0.3 is 14.6 Å². The normalized spacial score (nSPS) is 15.2. The van der Waals surface area contributed by atoms with E-state index in [4.69, 9.17) is 4.42 Å². The second kappa shape index (κ2) is 6.89. The molecule has 2 aromatic heterocycles. The van der Waals surface area contributed by atoms with Gasteiger partial charge in [-0.3, -0.25) is 4.79 Å². The summed E-state index contributed by atoms with van der Waals surface area (Å²) >= 11 is 0. The molecule has 1 saturated heterocycles. The van der Waals surface area contributed by atoms with Crippen LogP contribution in [0.5, 0.6) is 0 Å². The molecule has 1 N–H and O–H groups in total. The van der Waals surface area contributed by atoms with Crippen LogP contribution in [0, 0.1) is 0 Å². The van der Waals surface area contributed by atoms with Crippen molar-refractivity contribution in [2.75, 3.05) is 23.3 Å². The maximum Gasteiger partial charge on any atom is 0.248 e. The monoisotopic (exact) mass is 298 g/mol. The highest BCUT2D eigenvalue weighted by Gasteiger charge is 2.13. The highest BCUT2D eigenvalue weighted by atomic mass is 16.3. The van der Waals surface area contributed by atoms with E-state index in [2.05, 4.69) is 20.2 Å². The third-order valence-electron chi connectivity index (χ3n) is 3.49. The molecule has 2 aromatic rings. The van der Waals surface area contributed by atoms with Crippen molar-refractivity contribution >= 4 is 23.6 Å². The molecule has 22 heavy (non-hydrogen) atoms. The van der Waals surface area contributed by atoms with Gasteiger partial charge in [-0.2, -0.15) is 0 Å². The topological polar surface area (TPSA) is 71.3 Å². The van der Waals surface area contributed by atoms with Gasteiger partial charge in [-0.1, -0.05) is 0 Å². The first kappa shape index (κ1) is 14.3. The third-order valence-corrected chi connectivity index (χ3v) is 3.49. The van der Waals surface area contributed by atoms with E-state index < -0.39 is 0 Å². The number of hydrogen-bond donors (Lipinski definition) is 1. The lowest BCUT2D eigenvalue weighted by Gasteiger charge is -2.26. The van der Waals surface area contributed by atoms with Gasteiger partial charge in [0.25, 0.3) is 0 Å². The van der Waals surface area contributed by atoms with Crippen LogP contribution in [0.2, 0.25) is 0 Å². The molecule has 1 aliphatic rings. The van der Waals surface area contributed by atoms with Crippen LogP contribution in [0.25, 0.3) is 6.08 Å². The lowest BCUT2D eigenvalue weighted by atomic mass is 10.1. The zero-order chi connectivity index (χ0) is 15.2. The molecule has 1 amide bonds. The molecule has 0 bridgehead atoms. The number of piperidine rings is 1. The van der Waals surface area contributed by atoms with Gasteiger partial charge in [-0.05, 0) is 37.5 Å². The lowest BCUT2D eigenvalue weighted by Crippen LogP contribution is -2.30. The average molecular weight is 298 g/mol. The van der Waals surface area contributed by atoms with Crippen molar-refractivity contribution in [3.05, 3.63) is 42.6 Å². The molecule has 0 atom stereocenters. The quantitative estimate of drug-likeness (QED) is 0.879. The predicted octanol–water partition coefficient (Wildman–Crippen LogP) is 2.71. The average Bonchev–Trinajstić information content (AvgIpc) is 3.08. The number of amides is 1. The van der Waals surface area contributed by atoms with Crippen LogP contribution < -0.4 is 10.2 Å². The first-order valence-electron chi connectivity index (χ1n) is 7.41. The molecule has 1 fully saturated rings. The second-order valence-corrected chi connectivity index (χ2v) is 5.16. The van der Waals surface area contributed by atoms with E-state index in [1.54, 1.807) is 36.9 Å². The molecule has 0 spiro atoms. The van der Waals surface area contributed by atoms with Crippen LogP contribution in [0.3, 0.4) is 0 Å². The molecule has 114 valence electrons. The van der Waals surface area contributed by atoms with Crippen molar-refractivity contribution < 1.29 is 9.21 Å². The first-order valence-corrected chi connectivity index (χ1v) is 7.41. The molecule has 0 saturated carbocycles. The Hall–Kier alpha value is -2.63. The Labute approximate surface area is 128 Å². The van der Waals surface area contributed by atoms with Gasteiger partial charge in [-0.15, -0.1) is 0 Å². The zero-order valence-electron chi connectivity index (χ0n) is 12.2. The number of aromatic nitrogens is 2. The molecule has 6 nitrogen and oxygen atoms in total. The van der Waals surface area contributed by atoms with Gasteiger partial charge in [0.2, 0.25) is 11.9 Å². The number of rotatable bonds is 4. The Kier molecular flexibility index (Phi) is 4.48. The smallest absolute Gasteiger partial charge is 0.248 e. The maximum absolute atomic E-state index is 11.8. The summed E-state index contributed by atoms with van der Waals surface area (Å²) in [4.78, 5) is 22.6. The highest BCUT2D eigenvalue weighted by molar-refractivity contribution is 6.01. The van der Waals surface area contributed by atoms with Crippen LogP contribution in [0.1, 0.15) is 25.0 Å². The molecular formula is C16H18N4O2. The van der Waals surface area contributed by atoms with Gasteiger partial charge in [-0.25, -0.2) is 9.97 Å². The van der Waals surface area contributed by atoms with E-state index in [1.807, 2.05) is 0 Å². The van der Waals surface area contributed by atoms with Crippen LogP contribution in [-0.2, 0) is 4.79 Å². The summed E-state index contributed by atoms with van der Waals surface area (Å²) in [6.45, 7) is 2.00. The minimum absolute atomic E-state index is 0.245. The Bertz CT molecular complexity index is 629. The number of nitrogens with one attached hydrogen (secondary N) is 1. The van der Waals surface area contributed by atoms with E-state index >= 15 is 0 Å². The molecular weight excluding hydrogens is 280 g/mol. The van der Waals surface area contributed by atoms with Crippen molar-refractivity contribution in [2.45, 2.75) is 19.3 Å². The van der Waals surface area contributed by atoms with Crippen molar-refractivity contribution in [3.63, 3.8) is 0 Å². The van der Waals surface area contributed by atoms with Crippen molar-refractivity contribution in [3.8, 4) is 0 Å². The van der Waals surface area contributed by atoms with E-state index in [9.17, 15) is 4.79 Å². The molecule has 0 unspecified atom stereocenters. The summed E-state index contributed by atoms with van der Waals surface area (Å²) in [6.07, 6.45) is 11.5. The standard InChI is InChI=1S/C16H18N4O2/c21-15(7-6-14-5-4-10-22-14)19-13-11-17-16(18-12-13)20-8-2-1-3-9-20/h4-7,10-12H,1-3,8-9H2,(H,19,21). The van der Waals surface area contributed by atoms with Gasteiger partial charge in [0.15, 0.2) is 0 Å². The molecule has 1 aliphatic heterocycles. The fourth-order valence-corrected chi connectivity index (χ4v) is 2.37. The number of nitrogens with zero attached hydrogens (tertiary/aromatic N) is 3. The number of hydrogen-bond acceptors (Lipinski definition) is 5. The molecule has 0 aromatic carbocycles. The van der Waals surface area contributed by atoms with Crippen molar-refractivity contribution in [1.82, 2.24) is 9.97 Å². The number of carbonyl (C=O) groups excluding carboxylic acids is 1. The van der Waals surface area contributed by atoms with Gasteiger partial charge in [0.05, 0.1) is 24.3 Å². The minimum Gasteiger partial charge on any atom is -0.465 e. The second-order valence-electron chi connectivity index (χ2n) is 5.16. The molecule has 3 rings (SSSR count). The maximum atomic E-state index is 11.8. The Morgan fingerprint density at radius 3 is 2.68 bits per heavy atom. The van der Waals surface area contributed by atoms with E-state index in [0.717, 1.165) is 19.0 Å². The summed E-state index contributed by atoms with van der Waals surface area (Å²) in [7, 11) is 0. The summed E-state index contributed by atoms with van der Waals surface area (Å²) in [5.41, 5.74) is 0.579. The first-order chi connectivity index (χ1) is 10.8. The number of carbonyl (C=O) groups is 1. The number of furan rings is 1. The predicted molar refractivity (Wildman–Crippen MR) is 84.5 cm³/mol. The highest BCUT2D eigenvalue weighted by Crippen LogP contribution is 2.16. The van der Waals surface area contributed by atoms with Crippen LogP contribution in [-0.4, -0.2) is 29.0 Å². The summed E-state index contributed by atoms with van der Waals surface area (Å²) in [5.74, 6) is 1.11. The van der Waals surface area contributed by atoms with Crippen LogP contribution in [0.15, 0.2) is 41.3 Å². The minimum atomic E-state index is -0.245. The van der Waals surface area contributed by atoms with E-state index in [0.29, 0.717) is 11.4 Å².